The van der Waals surface area contributed by atoms with Crippen LogP contribution in [0.3, 0.4) is 0 Å². The molecule has 0 heterocycles. The van der Waals surface area contributed by atoms with Crippen molar-refractivity contribution in [3.63, 3.8) is 0 Å². The summed E-state index contributed by atoms with van der Waals surface area (Å²) in [5, 5.41) is 0. The van der Waals surface area contributed by atoms with Gasteiger partial charge in [0, 0.05) is 0 Å². The van der Waals surface area contributed by atoms with Crippen LogP contribution in [-0.2, 0) is 14.6 Å². The van der Waals surface area contributed by atoms with Crippen molar-refractivity contribution in [1.29, 1.82) is 0 Å². The molecule has 0 spiro atoms. The van der Waals surface area contributed by atoms with Crippen molar-refractivity contribution < 1.29 is 22.3 Å². The number of hydrogen-bond acceptors (Lipinski definition) is 4. The summed E-state index contributed by atoms with van der Waals surface area (Å²) in [6.45, 7) is 1.85. The quantitative estimate of drug-likeness (QED) is 0.815. The van der Waals surface area contributed by atoms with Crippen molar-refractivity contribution in [3.8, 4) is 0 Å². The van der Waals surface area contributed by atoms with E-state index in [4.69, 9.17) is 4.74 Å². The molecule has 0 unspecified atom stereocenters. The van der Waals surface area contributed by atoms with E-state index in [0.717, 1.165) is 12.1 Å². The molecule has 2 aromatic carbocycles. The normalized spacial score (nSPS) is 11.1. The van der Waals surface area contributed by atoms with Crippen LogP contribution in [0.4, 0.5) is 4.39 Å². The SMILES string of the molecule is CCOC(=O)c1cccc(S(=O)(=O)c2cccc(F)c2)c1. The number of carbonyl (C=O) groups is 1. The van der Waals surface area contributed by atoms with Crippen LogP contribution in [-0.4, -0.2) is 21.0 Å². The molecular formula is C15H13FO4S. The van der Waals surface area contributed by atoms with E-state index in [0.29, 0.717) is 0 Å². The summed E-state index contributed by atoms with van der Waals surface area (Å²) in [6, 6.07) is 10.2. The van der Waals surface area contributed by atoms with Gasteiger partial charge in [-0.25, -0.2) is 17.6 Å². The van der Waals surface area contributed by atoms with Gasteiger partial charge in [-0.05, 0) is 43.3 Å². The standard InChI is InChI=1S/C15H13FO4S/c1-2-20-15(17)11-5-3-7-13(9-11)21(18,19)14-8-4-6-12(16)10-14/h3-10H,2H2,1H3. The molecular weight excluding hydrogens is 295 g/mol. The maximum Gasteiger partial charge on any atom is 0.338 e. The minimum atomic E-state index is -3.88. The van der Waals surface area contributed by atoms with Crippen LogP contribution >= 0.6 is 0 Å². The van der Waals surface area contributed by atoms with Gasteiger partial charge in [0.15, 0.2) is 0 Å². The van der Waals surface area contributed by atoms with Gasteiger partial charge in [-0.2, -0.15) is 0 Å². The van der Waals surface area contributed by atoms with E-state index in [1.165, 1.54) is 36.4 Å². The van der Waals surface area contributed by atoms with Gasteiger partial charge in [0.25, 0.3) is 0 Å². The number of halogens is 1. The molecule has 21 heavy (non-hydrogen) atoms. The fraction of sp³-hybridized carbons (Fsp3) is 0.133. The van der Waals surface area contributed by atoms with Gasteiger partial charge in [0.05, 0.1) is 22.0 Å². The molecule has 6 heteroatoms. The predicted octanol–water partition coefficient (Wildman–Crippen LogP) is 2.84. The monoisotopic (exact) mass is 308 g/mol. The average molecular weight is 308 g/mol. The van der Waals surface area contributed by atoms with Gasteiger partial charge < -0.3 is 4.74 Å². The number of esters is 1. The number of ether oxygens (including phenoxy) is 1. The second-order valence-electron chi connectivity index (χ2n) is 4.21. The molecule has 0 aromatic heterocycles. The van der Waals surface area contributed by atoms with E-state index in [2.05, 4.69) is 0 Å². The van der Waals surface area contributed by atoms with E-state index in [-0.39, 0.29) is 22.0 Å². The summed E-state index contributed by atoms with van der Waals surface area (Å²) >= 11 is 0. The number of carbonyl (C=O) groups excluding carboxylic acids is 1. The van der Waals surface area contributed by atoms with Crippen molar-refractivity contribution in [2.24, 2.45) is 0 Å². The Morgan fingerprint density at radius 2 is 1.71 bits per heavy atom. The van der Waals surface area contributed by atoms with Gasteiger partial charge >= 0.3 is 5.97 Å². The first kappa shape index (κ1) is 15.2. The molecule has 0 saturated carbocycles. The number of rotatable bonds is 4. The highest BCUT2D eigenvalue weighted by Gasteiger charge is 2.19. The van der Waals surface area contributed by atoms with Crippen molar-refractivity contribution >= 4 is 15.8 Å². The molecule has 110 valence electrons. The highest BCUT2D eigenvalue weighted by molar-refractivity contribution is 7.91. The zero-order chi connectivity index (χ0) is 15.5. The smallest absolute Gasteiger partial charge is 0.338 e. The predicted molar refractivity (Wildman–Crippen MR) is 74.3 cm³/mol. The summed E-state index contributed by atoms with van der Waals surface area (Å²) in [4.78, 5) is 11.4. The van der Waals surface area contributed by atoms with E-state index in [1.54, 1.807) is 6.92 Å². The second-order valence-corrected chi connectivity index (χ2v) is 6.16. The summed E-state index contributed by atoms with van der Waals surface area (Å²) in [5.74, 6) is -1.24. The molecule has 0 aliphatic heterocycles. The van der Waals surface area contributed by atoms with Gasteiger partial charge in [0.2, 0.25) is 9.84 Å². The van der Waals surface area contributed by atoms with Crippen molar-refractivity contribution in [2.45, 2.75) is 16.7 Å². The van der Waals surface area contributed by atoms with Crippen LogP contribution < -0.4 is 0 Å². The van der Waals surface area contributed by atoms with Crippen molar-refractivity contribution in [2.75, 3.05) is 6.61 Å². The molecule has 0 radical (unpaired) electrons. The minimum absolute atomic E-state index is 0.0846. The maximum atomic E-state index is 13.2. The van der Waals surface area contributed by atoms with Crippen LogP contribution in [0.1, 0.15) is 17.3 Å². The van der Waals surface area contributed by atoms with E-state index < -0.39 is 21.6 Å². The zero-order valence-electron chi connectivity index (χ0n) is 11.2. The van der Waals surface area contributed by atoms with E-state index in [1.807, 2.05) is 0 Å². The van der Waals surface area contributed by atoms with Crippen LogP contribution in [0, 0.1) is 5.82 Å². The fourth-order valence-electron chi connectivity index (χ4n) is 1.77. The fourth-order valence-corrected chi connectivity index (χ4v) is 3.11. The molecule has 0 bridgehead atoms. The third-order valence-electron chi connectivity index (χ3n) is 2.76. The average Bonchev–Trinajstić information content (AvgIpc) is 2.47. The Bertz CT molecular complexity index is 769. The molecule has 0 saturated heterocycles. The molecule has 0 aliphatic carbocycles. The third kappa shape index (κ3) is 3.28. The van der Waals surface area contributed by atoms with Crippen LogP contribution in [0.2, 0.25) is 0 Å². The summed E-state index contributed by atoms with van der Waals surface area (Å²) < 4.78 is 42.8. The molecule has 2 rings (SSSR count). The van der Waals surface area contributed by atoms with Gasteiger partial charge in [-0.15, -0.1) is 0 Å². The van der Waals surface area contributed by atoms with Gasteiger partial charge in [0.1, 0.15) is 5.82 Å². The molecule has 4 nitrogen and oxygen atoms in total. The number of sulfone groups is 1. The van der Waals surface area contributed by atoms with Gasteiger partial charge in [-0.1, -0.05) is 12.1 Å². The molecule has 0 amide bonds. The lowest BCUT2D eigenvalue weighted by molar-refractivity contribution is 0.0526. The zero-order valence-corrected chi connectivity index (χ0v) is 12.1. The summed E-state index contributed by atoms with van der Waals surface area (Å²) in [5.41, 5.74) is 0.134. The lowest BCUT2D eigenvalue weighted by Gasteiger charge is -2.07. The Morgan fingerprint density at radius 1 is 1.10 bits per heavy atom. The third-order valence-corrected chi connectivity index (χ3v) is 4.51. The first-order chi connectivity index (χ1) is 9.95. The highest BCUT2D eigenvalue weighted by Crippen LogP contribution is 2.22. The Hall–Kier alpha value is -2.21. The largest absolute Gasteiger partial charge is 0.462 e. The first-order valence-corrected chi connectivity index (χ1v) is 7.71. The summed E-state index contributed by atoms with van der Waals surface area (Å²) in [6.07, 6.45) is 0. The maximum absolute atomic E-state index is 13.2. The second kappa shape index (κ2) is 6.05. The molecule has 2 aromatic rings. The first-order valence-electron chi connectivity index (χ1n) is 6.23. The summed E-state index contributed by atoms with van der Waals surface area (Å²) in [7, 11) is -3.88. The van der Waals surface area contributed by atoms with E-state index >= 15 is 0 Å². The van der Waals surface area contributed by atoms with Gasteiger partial charge in [-0.3, -0.25) is 0 Å². The molecule has 0 fully saturated rings. The molecule has 0 aliphatic rings. The Kier molecular flexibility index (Phi) is 4.37. The highest BCUT2D eigenvalue weighted by atomic mass is 32.2. The van der Waals surface area contributed by atoms with Crippen molar-refractivity contribution in [1.82, 2.24) is 0 Å². The van der Waals surface area contributed by atoms with Crippen LogP contribution in [0.25, 0.3) is 0 Å². The van der Waals surface area contributed by atoms with Crippen LogP contribution in [0.5, 0.6) is 0 Å². The Morgan fingerprint density at radius 3 is 2.33 bits per heavy atom. The van der Waals surface area contributed by atoms with E-state index in [9.17, 15) is 17.6 Å². The number of hydrogen-bond donors (Lipinski definition) is 0. The molecule has 0 N–H and O–H groups in total. The minimum Gasteiger partial charge on any atom is -0.462 e. The Balaban J connectivity index is 2.46. The lowest BCUT2D eigenvalue weighted by atomic mass is 10.2. The molecule has 0 atom stereocenters. The lowest BCUT2D eigenvalue weighted by Crippen LogP contribution is -2.07. The number of benzene rings is 2. The van der Waals surface area contributed by atoms with Crippen molar-refractivity contribution in [3.05, 3.63) is 59.9 Å². The van der Waals surface area contributed by atoms with Crippen LogP contribution in [0.15, 0.2) is 58.3 Å². The topological polar surface area (TPSA) is 60.4 Å². The Labute approximate surface area is 122 Å².